The Balaban J connectivity index is 2.38. The normalized spacial score (nSPS) is 11.8. The summed E-state index contributed by atoms with van der Waals surface area (Å²) >= 11 is 4.93. The van der Waals surface area contributed by atoms with Crippen LogP contribution in [0.1, 0.15) is 32.9 Å². The van der Waals surface area contributed by atoms with Gasteiger partial charge in [0.25, 0.3) is 0 Å². The van der Waals surface area contributed by atoms with Gasteiger partial charge in [0, 0.05) is 37.8 Å². The van der Waals surface area contributed by atoms with Crippen LogP contribution in [0.2, 0.25) is 0 Å². The van der Waals surface area contributed by atoms with Crippen LogP contribution >= 0.6 is 12.2 Å². The molecule has 0 saturated carbocycles. The van der Waals surface area contributed by atoms with Crippen molar-refractivity contribution in [1.82, 2.24) is 14.6 Å². The first-order chi connectivity index (χ1) is 9.29. The molecule has 0 spiro atoms. The number of anilines is 1. The average Bonchev–Trinajstić information content (AvgIpc) is 2.79. The summed E-state index contributed by atoms with van der Waals surface area (Å²) < 4.78 is 1.88. The molecule has 2 N–H and O–H groups in total. The van der Waals surface area contributed by atoms with E-state index in [4.69, 9.17) is 18.0 Å². The van der Waals surface area contributed by atoms with E-state index in [2.05, 4.69) is 41.8 Å². The Labute approximate surface area is 124 Å². The lowest BCUT2D eigenvalue weighted by Crippen LogP contribution is -2.24. The second-order valence-corrected chi connectivity index (χ2v) is 6.52. The lowest BCUT2D eigenvalue weighted by atomic mass is 9.92. The fourth-order valence-electron chi connectivity index (χ4n) is 1.95. The van der Waals surface area contributed by atoms with E-state index < -0.39 is 0 Å². The van der Waals surface area contributed by atoms with Gasteiger partial charge in [0.15, 0.2) is 5.82 Å². The SMILES string of the molecule is CN(CCC(N)=S)c1nccn2nc(C(C)(C)C)cc12. The topological polar surface area (TPSA) is 59.5 Å². The Morgan fingerprint density at radius 1 is 1.45 bits per heavy atom. The smallest absolute Gasteiger partial charge is 0.154 e. The van der Waals surface area contributed by atoms with Crippen molar-refractivity contribution in [3.05, 3.63) is 24.2 Å². The van der Waals surface area contributed by atoms with E-state index in [-0.39, 0.29) is 5.41 Å². The molecule has 2 aromatic heterocycles. The summed E-state index contributed by atoms with van der Waals surface area (Å²) in [6.07, 6.45) is 4.31. The van der Waals surface area contributed by atoms with E-state index >= 15 is 0 Å². The van der Waals surface area contributed by atoms with Crippen LogP contribution in [0.4, 0.5) is 5.82 Å². The summed E-state index contributed by atoms with van der Waals surface area (Å²) in [6, 6.07) is 2.10. The maximum atomic E-state index is 5.56. The highest BCUT2D eigenvalue weighted by atomic mass is 32.1. The van der Waals surface area contributed by atoms with Crippen molar-refractivity contribution in [2.75, 3.05) is 18.5 Å². The minimum absolute atomic E-state index is 0.0146. The number of fused-ring (bicyclic) bond motifs is 1. The highest BCUT2D eigenvalue weighted by Crippen LogP contribution is 2.25. The molecule has 0 aliphatic heterocycles. The average molecular weight is 291 g/mol. The molecule has 0 radical (unpaired) electrons. The van der Waals surface area contributed by atoms with Gasteiger partial charge in [-0.15, -0.1) is 0 Å². The fraction of sp³-hybridized carbons (Fsp3) is 0.500. The van der Waals surface area contributed by atoms with Crippen LogP contribution in [-0.2, 0) is 5.41 Å². The molecule has 6 heteroatoms. The maximum Gasteiger partial charge on any atom is 0.154 e. The summed E-state index contributed by atoms with van der Waals surface area (Å²) in [5, 5.41) is 4.62. The highest BCUT2D eigenvalue weighted by molar-refractivity contribution is 7.80. The fourth-order valence-corrected chi connectivity index (χ4v) is 2.04. The lowest BCUT2D eigenvalue weighted by Gasteiger charge is -2.18. The molecule has 0 aliphatic carbocycles. The van der Waals surface area contributed by atoms with Gasteiger partial charge in [-0.05, 0) is 6.07 Å². The van der Waals surface area contributed by atoms with Crippen LogP contribution in [-0.4, -0.2) is 33.2 Å². The molecule has 0 saturated heterocycles. The highest BCUT2D eigenvalue weighted by Gasteiger charge is 2.19. The third-order valence-electron chi connectivity index (χ3n) is 3.19. The van der Waals surface area contributed by atoms with Crippen molar-refractivity contribution in [2.24, 2.45) is 5.73 Å². The van der Waals surface area contributed by atoms with E-state index in [1.54, 1.807) is 6.20 Å². The zero-order chi connectivity index (χ0) is 14.9. The Bertz CT molecular complexity index is 626. The molecule has 0 unspecified atom stereocenters. The molecule has 2 rings (SSSR count). The number of hydrogen-bond acceptors (Lipinski definition) is 4. The van der Waals surface area contributed by atoms with Crippen molar-refractivity contribution in [3.8, 4) is 0 Å². The van der Waals surface area contributed by atoms with Gasteiger partial charge in [-0.25, -0.2) is 9.50 Å². The molecule has 0 amide bonds. The molecule has 0 fully saturated rings. The number of nitrogens with two attached hydrogens (primary N) is 1. The van der Waals surface area contributed by atoms with Crippen molar-refractivity contribution in [3.63, 3.8) is 0 Å². The van der Waals surface area contributed by atoms with Crippen molar-refractivity contribution < 1.29 is 0 Å². The zero-order valence-corrected chi connectivity index (χ0v) is 13.2. The van der Waals surface area contributed by atoms with Crippen LogP contribution in [0.5, 0.6) is 0 Å². The summed E-state index contributed by atoms with van der Waals surface area (Å²) in [5.41, 5.74) is 7.63. The first kappa shape index (κ1) is 14.7. The first-order valence-corrected chi connectivity index (χ1v) is 7.04. The van der Waals surface area contributed by atoms with Crippen LogP contribution < -0.4 is 10.6 Å². The second kappa shape index (κ2) is 5.36. The van der Waals surface area contributed by atoms with Crippen molar-refractivity contribution in [2.45, 2.75) is 32.6 Å². The number of nitrogens with zero attached hydrogens (tertiary/aromatic N) is 4. The largest absolute Gasteiger partial charge is 0.393 e. The van der Waals surface area contributed by atoms with Crippen molar-refractivity contribution in [1.29, 1.82) is 0 Å². The van der Waals surface area contributed by atoms with Crippen molar-refractivity contribution >= 4 is 28.5 Å². The summed E-state index contributed by atoms with van der Waals surface area (Å²) in [4.78, 5) is 7.04. The molecule has 2 heterocycles. The van der Waals surface area contributed by atoms with Gasteiger partial charge >= 0.3 is 0 Å². The molecule has 0 atom stereocenters. The molecule has 0 aliphatic rings. The third kappa shape index (κ3) is 3.07. The third-order valence-corrected chi connectivity index (χ3v) is 3.40. The van der Waals surface area contributed by atoms with Crippen LogP contribution in [0.25, 0.3) is 5.52 Å². The van der Waals surface area contributed by atoms with Gasteiger partial charge in [-0.1, -0.05) is 33.0 Å². The number of rotatable bonds is 4. The predicted molar refractivity (Wildman–Crippen MR) is 86.4 cm³/mol. The van der Waals surface area contributed by atoms with Crippen LogP contribution in [0.3, 0.4) is 0 Å². The van der Waals surface area contributed by atoms with Gasteiger partial charge in [0.05, 0.1) is 10.7 Å². The number of thiocarbonyl (C=S) groups is 1. The second-order valence-electron chi connectivity index (χ2n) is 6.00. The van der Waals surface area contributed by atoms with E-state index in [9.17, 15) is 0 Å². The first-order valence-electron chi connectivity index (χ1n) is 6.63. The summed E-state index contributed by atoms with van der Waals surface area (Å²) in [7, 11) is 1.99. The Morgan fingerprint density at radius 3 is 2.75 bits per heavy atom. The van der Waals surface area contributed by atoms with Crippen LogP contribution in [0, 0.1) is 0 Å². The molecular formula is C14H21N5S. The minimum Gasteiger partial charge on any atom is -0.393 e. The van der Waals surface area contributed by atoms with Gasteiger partial charge < -0.3 is 10.6 Å². The molecule has 2 aromatic rings. The van der Waals surface area contributed by atoms with Gasteiger partial charge in [-0.3, -0.25) is 0 Å². The van der Waals surface area contributed by atoms with Gasteiger partial charge in [-0.2, -0.15) is 5.10 Å². The molecule has 108 valence electrons. The zero-order valence-electron chi connectivity index (χ0n) is 12.4. The lowest BCUT2D eigenvalue weighted by molar-refractivity contribution is 0.562. The molecule has 5 nitrogen and oxygen atoms in total. The Kier molecular flexibility index (Phi) is 3.94. The van der Waals surface area contributed by atoms with E-state index in [1.807, 2.05) is 17.8 Å². The summed E-state index contributed by atoms with van der Waals surface area (Å²) in [5.74, 6) is 0.895. The molecule has 0 bridgehead atoms. The van der Waals surface area contributed by atoms with Gasteiger partial charge in [0.2, 0.25) is 0 Å². The molecular weight excluding hydrogens is 270 g/mol. The minimum atomic E-state index is 0.0146. The van der Waals surface area contributed by atoms with E-state index in [1.165, 1.54) is 0 Å². The molecule has 0 aromatic carbocycles. The maximum absolute atomic E-state index is 5.56. The monoisotopic (exact) mass is 291 g/mol. The number of hydrogen-bond donors (Lipinski definition) is 1. The van der Waals surface area contributed by atoms with E-state index in [0.29, 0.717) is 11.4 Å². The predicted octanol–water partition coefficient (Wildman–Crippen LogP) is 2.14. The van der Waals surface area contributed by atoms with E-state index in [0.717, 1.165) is 23.6 Å². The number of aromatic nitrogens is 3. The standard InChI is InChI=1S/C14H21N5S/c1-14(2,3)11-9-10-13(16-6-8-19(10)17-11)18(4)7-5-12(15)20/h6,8-9H,5,7H2,1-4H3,(H2,15,20). The molecule has 20 heavy (non-hydrogen) atoms. The van der Waals surface area contributed by atoms with Crippen LogP contribution in [0.15, 0.2) is 18.5 Å². The summed E-state index contributed by atoms with van der Waals surface area (Å²) in [6.45, 7) is 7.20. The quantitative estimate of drug-likeness (QED) is 0.875. The Hall–Kier alpha value is -1.69. The van der Waals surface area contributed by atoms with Gasteiger partial charge in [0.1, 0.15) is 5.52 Å². The Morgan fingerprint density at radius 2 is 2.15 bits per heavy atom.